The number of halogens is 1. The van der Waals surface area contributed by atoms with Gasteiger partial charge < -0.3 is 0 Å². The van der Waals surface area contributed by atoms with Crippen molar-refractivity contribution in [3.63, 3.8) is 0 Å². The molecule has 14 heavy (non-hydrogen) atoms. The maximum atomic E-state index is 3.69. The van der Waals surface area contributed by atoms with Crippen LogP contribution in [0.15, 0.2) is 0 Å². The standard InChI is InChI=1S/C13H23Br/c1-12(2)11(9-14)13(12,3)10-7-5-4-6-8-10/h10-11H,4-9H2,1-3H3. The highest BCUT2D eigenvalue weighted by Gasteiger charge is 2.69. The molecule has 0 aromatic carbocycles. The van der Waals surface area contributed by atoms with E-state index in [0.717, 1.165) is 11.8 Å². The van der Waals surface area contributed by atoms with Gasteiger partial charge in [0.1, 0.15) is 0 Å². The van der Waals surface area contributed by atoms with Crippen LogP contribution < -0.4 is 0 Å². The summed E-state index contributed by atoms with van der Waals surface area (Å²) >= 11 is 3.69. The lowest BCUT2D eigenvalue weighted by molar-refractivity contribution is 0.198. The molecule has 2 unspecified atom stereocenters. The fraction of sp³-hybridized carbons (Fsp3) is 1.00. The van der Waals surface area contributed by atoms with E-state index in [4.69, 9.17) is 0 Å². The van der Waals surface area contributed by atoms with Crippen LogP contribution in [0.5, 0.6) is 0 Å². The lowest BCUT2D eigenvalue weighted by atomic mass is 9.75. The van der Waals surface area contributed by atoms with Gasteiger partial charge in [-0.2, -0.15) is 0 Å². The first kappa shape index (κ1) is 11.0. The first-order valence-electron chi connectivity index (χ1n) is 6.11. The molecule has 1 heteroatoms. The molecule has 2 rings (SSSR count). The molecule has 0 aromatic rings. The third-order valence-corrected chi connectivity index (χ3v) is 6.16. The molecule has 2 saturated carbocycles. The Labute approximate surface area is 97.0 Å². The second-order valence-corrected chi connectivity index (χ2v) is 6.69. The van der Waals surface area contributed by atoms with E-state index in [-0.39, 0.29) is 0 Å². The summed E-state index contributed by atoms with van der Waals surface area (Å²) in [4.78, 5) is 0. The van der Waals surface area contributed by atoms with Gasteiger partial charge >= 0.3 is 0 Å². The third-order valence-electron chi connectivity index (χ3n) is 5.51. The van der Waals surface area contributed by atoms with Crippen LogP contribution in [0, 0.1) is 22.7 Å². The van der Waals surface area contributed by atoms with Gasteiger partial charge in [-0.25, -0.2) is 0 Å². The Kier molecular flexibility index (Phi) is 2.75. The van der Waals surface area contributed by atoms with Crippen molar-refractivity contribution in [1.29, 1.82) is 0 Å². The van der Waals surface area contributed by atoms with E-state index in [1.807, 2.05) is 0 Å². The molecule has 2 aliphatic rings. The summed E-state index contributed by atoms with van der Waals surface area (Å²) in [5, 5.41) is 1.20. The summed E-state index contributed by atoms with van der Waals surface area (Å²) in [7, 11) is 0. The largest absolute Gasteiger partial charge is 0.0925 e. The van der Waals surface area contributed by atoms with Crippen LogP contribution in [0.2, 0.25) is 0 Å². The van der Waals surface area contributed by atoms with E-state index in [9.17, 15) is 0 Å². The number of hydrogen-bond acceptors (Lipinski definition) is 0. The molecule has 2 fully saturated rings. The van der Waals surface area contributed by atoms with Crippen LogP contribution in [0.3, 0.4) is 0 Å². The summed E-state index contributed by atoms with van der Waals surface area (Å²) < 4.78 is 0. The topological polar surface area (TPSA) is 0 Å². The molecule has 2 atom stereocenters. The van der Waals surface area contributed by atoms with Crippen molar-refractivity contribution in [3.05, 3.63) is 0 Å². The zero-order valence-electron chi connectivity index (χ0n) is 9.78. The SMILES string of the molecule is CC1(C)C(CBr)C1(C)C1CCCCC1. The van der Waals surface area contributed by atoms with E-state index in [0.29, 0.717) is 10.8 Å². The van der Waals surface area contributed by atoms with Gasteiger partial charge in [0.2, 0.25) is 0 Å². The molecule has 0 bridgehead atoms. The molecule has 0 aliphatic heterocycles. The minimum Gasteiger partial charge on any atom is -0.0925 e. The Morgan fingerprint density at radius 2 is 1.64 bits per heavy atom. The van der Waals surface area contributed by atoms with Gasteiger partial charge in [-0.1, -0.05) is 56.0 Å². The monoisotopic (exact) mass is 258 g/mol. The van der Waals surface area contributed by atoms with E-state index >= 15 is 0 Å². The van der Waals surface area contributed by atoms with Gasteiger partial charge in [-0.3, -0.25) is 0 Å². The molecule has 2 aliphatic carbocycles. The molecular formula is C13H23Br. The Bertz CT molecular complexity index is 215. The van der Waals surface area contributed by atoms with E-state index in [2.05, 4.69) is 36.7 Å². The molecule has 0 amide bonds. The van der Waals surface area contributed by atoms with Gasteiger partial charge in [-0.05, 0) is 35.5 Å². The molecule has 0 nitrogen and oxygen atoms in total. The highest BCUT2D eigenvalue weighted by atomic mass is 79.9. The Balaban J connectivity index is 2.09. The van der Waals surface area contributed by atoms with Crippen molar-refractivity contribution in [2.75, 3.05) is 5.33 Å². The average Bonchev–Trinajstić information content (AvgIpc) is 2.63. The van der Waals surface area contributed by atoms with Crippen molar-refractivity contribution in [1.82, 2.24) is 0 Å². The second kappa shape index (κ2) is 3.50. The van der Waals surface area contributed by atoms with Crippen LogP contribution in [0.25, 0.3) is 0 Å². The van der Waals surface area contributed by atoms with E-state index < -0.39 is 0 Å². The van der Waals surface area contributed by atoms with Crippen molar-refractivity contribution in [3.8, 4) is 0 Å². The fourth-order valence-electron chi connectivity index (χ4n) is 4.00. The predicted molar refractivity (Wildman–Crippen MR) is 65.7 cm³/mol. The van der Waals surface area contributed by atoms with Crippen molar-refractivity contribution >= 4 is 15.9 Å². The molecule has 82 valence electrons. The molecule has 0 aromatic heterocycles. The number of alkyl halides is 1. The van der Waals surface area contributed by atoms with Crippen LogP contribution in [0.1, 0.15) is 52.9 Å². The van der Waals surface area contributed by atoms with Crippen molar-refractivity contribution in [2.45, 2.75) is 52.9 Å². The zero-order valence-corrected chi connectivity index (χ0v) is 11.4. The maximum Gasteiger partial charge on any atom is 0.00704 e. The van der Waals surface area contributed by atoms with Gasteiger partial charge in [0, 0.05) is 5.33 Å². The quantitative estimate of drug-likeness (QED) is 0.634. The molecule has 0 N–H and O–H groups in total. The van der Waals surface area contributed by atoms with Crippen LogP contribution in [0.4, 0.5) is 0 Å². The minimum atomic E-state index is 0.582. The molecule has 0 saturated heterocycles. The minimum absolute atomic E-state index is 0.582. The van der Waals surface area contributed by atoms with Crippen molar-refractivity contribution in [2.24, 2.45) is 22.7 Å². The highest BCUT2D eigenvalue weighted by Crippen LogP contribution is 2.74. The lowest BCUT2D eigenvalue weighted by Gasteiger charge is -2.30. The normalized spacial score (nSPS) is 42.4. The van der Waals surface area contributed by atoms with Crippen LogP contribution in [-0.4, -0.2) is 5.33 Å². The summed E-state index contributed by atoms with van der Waals surface area (Å²) in [6, 6.07) is 0. The molecule has 0 radical (unpaired) electrons. The van der Waals surface area contributed by atoms with Crippen molar-refractivity contribution < 1.29 is 0 Å². The second-order valence-electron chi connectivity index (χ2n) is 6.05. The molecule has 0 heterocycles. The zero-order chi connectivity index (χ0) is 10.4. The first-order chi connectivity index (χ1) is 6.55. The Hall–Kier alpha value is 0.480. The average molecular weight is 259 g/mol. The Morgan fingerprint density at radius 1 is 1.07 bits per heavy atom. The van der Waals surface area contributed by atoms with Gasteiger partial charge in [-0.15, -0.1) is 0 Å². The molecule has 0 spiro atoms. The first-order valence-corrected chi connectivity index (χ1v) is 7.23. The summed E-state index contributed by atoms with van der Waals surface area (Å²) in [6.45, 7) is 7.47. The van der Waals surface area contributed by atoms with Crippen LogP contribution >= 0.6 is 15.9 Å². The summed E-state index contributed by atoms with van der Waals surface area (Å²) in [5.74, 6) is 1.92. The lowest BCUT2D eigenvalue weighted by Crippen LogP contribution is -2.21. The van der Waals surface area contributed by atoms with Crippen LogP contribution in [-0.2, 0) is 0 Å². The smallest absolute Gasteiger partial charge is 0.00704 e. The van der Waals surface area contributed by atoms with Gasteiger partial charge in [0.15, 0.2) is 0 Å². The highest BCUT2D eigenvalue weighted by molar-refractivity contribution is 9.09. The number of rotatable bonds is 2. The summed E-state index contributed by atoms with van der Waals surface area (Å²) in [5.41, 5.74) is 1.22. The van der Waals surface area contributed by atoms with E-state index in [1.165, 1.54) is 37.4 Å². The predicted octanol–water partition coefficient (Wildman–Crippen LogP) is 4.62. The van der Waals surface area contributed by atoms with Gasteiger partial charge in [0.05, 0.1) is 0 Å². The van der Waals surface area contributed by atoms with E-state index in [1.54, 1.807) is 0 Å². The fourth-order valence-corrected chi connectivity index (χ4v) is 5.49. The number of hydrogen-bond donors (Lipinski definition) is 0. The Morgan fingerprint density at radius 3 is 2.07 bits per heavy atom. The third kappa shape index (κ3) is 1.31. The maximum absolute atomic E-state index is 3.69. The van der Waals surface area contributed by atoms with Gasteiger partial charge in [0.25, 0.3) is 0 Å². The summed E-state index contributed by atoms with van der Waals surface area (Å²) in [6.07, 6.45) is 7.41. The molecular weight excluding hydrogens is 236 g/mol.